The summed E-state index contributed by atoms with van der Waals surface area (Å²) in [5, 5.41) is 3.16. The van der Waals surface area contributed by atoms with Gasteiger partial charge in [0.2, 0.25) is 15.9 Å². The minimum Gasteiger partial charge on any atom is -0.339 e. The van der Waals surface area contributed by atoms with E-state index in [9.17, 15) is 13.2 Å². The topological polar surface area (TPSA) is 69.7 Å². The van der Waals surface area contributed by atoms with E-state index in [0.29, 0.717) is 26.1 Å². The lowest BCUT2D eigenvalue weighted by Gasteiger charge is -2.31. The van der Waals surface area contributed by atoms with Crippen LogP contribution in [-0.4, -0.2) is 68.6 Å². The molecule has 2 fully saturated rings. The van der Waals surface area contributed by atoms with Gasteiger partial charge in [-0.2, -0.15) is 4.31 Å². The number of hydrogen-bond acceptors (Lipinski definition) is 4. The molecule has 0 aromatic carbocycles. The molecule has 0 unspecified atom stereocenters. The van der Waals surface area contributed by atoms with E-state index in [-0.39, 0.29) is 18.2 Å². The zero-order valence-corrected chi connectivity index (χ0v) is 10.7. The van der Waals surface area contributed by atoms with Gasteiger partial charge in [0.25, 0.3) is 0 Å². The van der Waals surface area contributed by atoms with Gasteiger partial charge in [-0.3, -0.25) is 4.79 Å². The van der Waals surface area contributed by atoms with Gasteiger partial charge in [0.05, 0.1) is 12.3 Å². The number of amides is 1. The maximum atomic E-state index is 11.9. The Morgan fingerprint density at radius 2 is 1.82 bits per heavy atom. The quantitative estimate of drug-likeness (QED) is 0.681. The van der Waals surface area contributed by atoms with E-state index in [1.54, 1.807) is 4.90 Å². The lowest BCUT2D eigenvalue weighted by Crippen LogP contribution is -2.51. The molecule has 2 aliphatic heterocycles. The third-order valence-corrected chi connectivity index (χ3v) is 5.14. The van der Waals surface area contributed by atoms with E-state index in [4.69, 9.17) is 0 Å². The maximum absolute atomic E-state index is 11.9. The van der Waals surface area contributed by atoms with Gasteiger partial charge in [0.1, 0.15) is 0 Å². The summed E-state index contributed by atoms with van der Waals surface area (Å²) < 4.78 is 24.8. The number of rotatable bonds is 2. The van der Waals surface area contributed by atoms with E-state index in [2.05, 4.69) is 5.32 Å². The van der Waals surface area contributed by atoms with Crippen molar-refractivity contribution in [3.05, 3.63) is 0 Å². The fraction of sp³-hybridized carbons (Fsp3) is 0.900. The molecule has 2 saturated heterocycles. The van der Waals surface area contributed by atoms with E-state index in [1.165, 1.54) is 4.31 Å². The van der Waals surface area contributed by atoms with Crippen LogP contribution in [0.15, 0.2) is 0 Å². The largest absolute Gasteiger partial charge is 0.339 e. The van der Waals surface area contributed by atoms with Crippen LogP contribution in [0.4, 0.5) is 0 Å². The van der Waals surface area contributed by atoms with Crippen LogP contribution in [0.3, 0.4) is 0 Å². The Kier molecular flexibility index (Phi) is 4.01. The predicted molar refractivity (Wildman–Crippen MR) is 64.0 cm³/mol. The number of sulfonamides is 1. The average molecular weight is 261 g/mol. The van der Waals surface area contributed by atoms with Crippen molar-refractivity contribution in [3.63, 3.8) is 0 Å². The minimum atomic E-state index is -3.19. The summed E-state index contributed by atoms with van der Waals surface area (Å²) in [6.07, 6.45) is 1.56. The average Bonchev–Trinajstić information content (AvgIpc) is 2.33. The molecular formula is C10H19N3O3S. The molecule has 0 aliphatic carbocycles. The summed E-state index contributed by atoms with van der Waals surface area (Å²) in [5.41, 5.74) is 0. The molecule has 7 heteroatoms. The van der Waals surface area contributed by atoms with Gasteiger partial charge >= 0.3 is 0 Å². The number of carbonyl (C=O) groups is 1. The zero-order valence-electron chi connectivity index (χ0n) is 9.89. The first-order valence-corrected chi connectivity index (χ1v) is 7.67. The molecule has 0 atom stereocenters. The summed E-state index contributed by atoms with van der Waals surface area (Å²) in [4.78, 5) is 13.7. The van der Waals surface area contributed by atoms with Crippen molar-refractivity contribution in [2.24, 2.45) is 0 Å². The van der Waals surface area contributed by atoms with Crippen LogP contribution in [0.1, 0.15) is 12.8 Å². The molecule has 17 heavy (non-hydrogen) atoms. The Balaban J connectivity index is 1.93. The van der Waals surface area contributed by atoms with Crippen LogP contribution in [0.2, 0.25) is 0 Å². The lowest BCUT2D eigenvalue weighted by atomic mass is 10.3. The van der Waals surface area contributed by atoms with Gasteiger partial charge in [-0.05, 0) is 12.8 Å². The van der Waals surface area contributed by atoms with Gasteiger partial charge in [0, 0.05) is 32.7 Å². The smallest absolute Gasteiger partial charge is 0.237 e. The number of carbonyl (C=O) groups excluding carboxylic acids is 1. The normalized spacial score (nSPS) is 25.8. The fourth-order valence-corrected chi connectivity index (χ4v) is 3.72. The second kappa shape index (κ2) is 5.32. The van der Waals surface area contributed by atoms with Crippen molar-refractivity contribution in [2.45, 2.75) is 12.8 Å². The molecule has 2 heterocycles. The second-order valence-corrected chi connectivity index (χ2v) is 6.58. The van der Waals surface area contributed by atoms with Gasteiger partial charge in [-0.25, -0.2) is 8.42 Å². The van der Waals surface area contributed by atoms with Crippen LogP contribution >= 0.6 is 0 Å². The lowest BCUT2D eigenvalue weighted by molar-refractivity contribution is -0.132. The molecule has 0 spiro atoms. The third-order valence-electron chi connectivity index (χ3n) is 3.23. The van der Waals surface area contributed by atoms with Crippen molar-refractivity contribution in [1.29, 1.82) is 0 Å². The summed E-state index contributed by atoms with van der Waals surface area (Å²) in [6.45, 7) is 3.43. The van der Waals surface area contributed by atoms with Gasteiger partial charge in [-0.1, -0.05) is 0 Å². The maximum Gasteiger partial charge on any atom is 0.237 e. The summed E-state index contributed by atoms with van der Waals surface area (Å²) in [7, 11) is -3.19. The van der Waals surface area contributed by atoms with Crippen molar-refractivity contribution in [2.75, 3.05) is 45.0 Å². The Labute approximate surface area is 102 Å². The molecule has 1 amide bonds. The van der Waals surface area contributed by atoms with Crippen LogP contribution in [0.25, 0.3) is 0 Å². The number of nitrogens with one attached hydrogen (secondary N) is 1. The Hall–Kier alpha value is -0.660. The number of hydrogen-bond donors (Lipinski definition) is 1. The van der Waals surface area contributed by atoms with Gasteiger partial charge in [0.15, 0.2) is 0 Å². The van der Waals surface area contributed by atoms with Crippen LogP contribution in [0, 0.1) is 0 Å². The van der Waals surface area contributed by atoms with Gasteiger partial charge in [-0.15, -0.1) is 0 Å². The SMILES string of the molecule is O=C(CN1CCCCS1(=O)=O)N1CCNCC1. The molecule has 0 radical (unpaired) electrons. The molecule has 98 valence electrons. The van der Waals surface area contributed by atoms with Crippen molar-refractivity contribution in [1.82, 2.24) is 14.5 Å². The first-order chi connectivity index (χ1) is 8.09. The highest BCUT2D eigenvalue weighted by molar-refractivity contribution is 7.89. The minimum absolute atomic E-state index is 0.0162. The second-order valence-electron chi connectivity index (χ2n) is 4.49. The van der Waals surface area contributed by atoms with Crippen LogP contribution in [-0.2, 0) is 14.8 Å². The molecule has 0 saturated carbocycles. The first-order valence-electron chi connectivity index (χ1n) is 6.06. The van der Waals surface area contributed by atoms with E-state index < -0.39 is 10.0 Å². The van der Waals surface area contributed by atoms with Crippen molar-refractivity contribution < 1.29 is 13.2 Å². The Morgan fingerprint density at radius 3 is 2.47 bits per heavy atom. The van der Waals surface area contributed by atoms with E-state index in [0.717, 1.165) is 19.5 Å². The molecule has 2 aliphatic rings. The summed E-state index contributed by atoms with van der Waals surface area (Å²) in [5.74, 6) is 0.110. The Bertz CT molecular complexity index is 376. The highest BCUT2D eigenvalue weighted by atomic mass is 32.2. The molecule has 0 bridgehead atoms. The Morgan fingerprint density at radius 1 is 1.12 bits per heavy atom. The number of piperazine rings is 1. The molecule has 2 rings (SSSR count). The first kappa shape index (κ1) is 12.8. The van der Waals surface area contributed by atoms with E-state index in [1.807, 2.05) is 0 Å². The standard InChI is InChI=1S/C10H19N3O3S/c14-10(12-6-3-11-4-7-12)9-13-5-1-2-8-17(13,15)16/h11H,1-9H2. The summed E-state index contributed by atoms with van der Waals surface area (Å²) in [6, 6.07) is 0. The van der Waals surface area contributed by atoms with E-state index >= 15 is 0 Å². The highest BCUT2D eigenvalue weighted by Crippen LogP contribution is 2.13. The predicted octanol–water partition coefficient (Wildman–Crippen LogP) is -1.16. The third kappa shape index (κ3) is 3.17. The molecule has 6 nitrogen and oxygen atoms in total. The summed E-state index contributed by atoms with van der Waals surface area (Å²) >= 11 is 0. The van der Waals surface area contributed by atoms with Crippen LogP contribution < -0.4 is 5.32 Å². The fourth-order valence-electron chi connectivity index (χ4n) is 2.18. The molecule has 0 aromatic rings. The number of nitrogens with zero attached hydrogens (tertiary/aromatic N) is 2. The van der Waals surface area contributed by atoms with Gasteiger partial charge < -0.3 is 10.2 Å². The molecular weight excluding hydrogens is 242 g/mol. The van der Waals surface area contributed by atoms with Crippen molar-refractivity contribution >= 4 is 15.9 Å². The highest BCUT2D eigenvalue weighted by Gasteiger charge is 2.29. The van der Waals surface area contributed by atoms with Crippen LogP contribution in [0.5, 0.6) is 0 Å². The zero-order chi connectivity index (χ0) is 12.3. The van der Waals surface area contributed by atoms with Crippen molar-refractivity contribution in [3.8, 4) is 0 Å². The molecule has 1 N–H and O–H groups in total. The molecule has 0 aromatic heterocycles. The monoisotopic (exact) mass is 261 g/mol.